The first kappa shape index (κ1) is 37.5. The maximum Gasteiger partial charge on any atom is 0.334 e. The Morgan fingerprint density at radius 2 is 1.09 bits per heavy atom. The molecular formula is C37H66O7. The van der Waals surface area contributed by atoms with Crippen LogP contribution in [0.2, 0.25) is 0 Å². The molecule has 2 fully saturated rings. The Labute approximate surface area is 268 Å². The monoisotopic (exact) mass is 622 g/mol. The van der Waals surface area contributed by atoms with E-state index in [0.717, 1.165) is 77.0 Å². The minimum atomic E-state index is -0.463. The molecule has 0 amide bonds. The summed E-state index contributed by atoms with van der Waals surface area (Å²) in [6, 6.07) is 0. The van der Waals surface area contributed by atoms with Gasteiger partial charge in [-0.25, -0.2) is 4.79 Å². The van der Waals surface area contributed by atoms with Gasteiger partial charge >= 0.3 is 5.97 Å². The molecule has 0 radical (unpaired) electrons. The van der Waals surface area contributed by atoms with Crippen molar-refractivity contribution in [3.8, 4) is 0 Å². The number of hydrogen-bond donors (Lipinski definition) is 3. The molecule has 7 nitrogen and oxygen atoms in total. The van der Waals surface area contributed by atoms with Gasteiger partial charge in [0, 0.05) is 12.0 Å². The SMILES string of the molecule is CCCCCCCCCC[C@@H](O)[C@H]1CC[C@@H]([C@@H]2CC[C@H]([C@@H](O)CCCCCCCCCC[C@@H](O)CC3=C[C@H](C)OC3=O)O2)O1. The van der Waals surface area contributed by atoms with E-state index in [0.29, 0.717) is 12.0 Å². The normalized spacial score (nSPS) is 27.4. The molecule has 0 aromatic rings. The molecule has 3 rings (SSSR count). The van der Waals surface area contributed by atoms with Crippen LogP contribution in [0.5, 0.6) is 0 Å². The highest BCUT2D eigenvalue weighted by Gasteiger charge is 2.40. The van der Waals surface area contributed by atoms with E-state index in [-0.39, 0.29) is 42.6 Å². The van der Waals surface area contributed by atoms with E-state index < -0.39 is 12.2 Å². The van der Waals surface area contributed by atoms with Crippen LogP contribution in [0.4, 0.5) is 0 Å². The maximum atomic E-state index is 11.7. The van der Waals surface area contributed by atoms with Crippen molar-refractivity contribution in [3.05, 3.63) is 11.6 Å². The lowest BCUT2D eigenvalue weighted by molar-refractivity contribution is -0.139. The van der Waals surface area contributed by atoms with E-state index >= 15 is 0 Å². The lowest BCUT2D eigenvalue weighted by atomic mass is 10.00. The summed E-state index contributed by atoms with van der Waals surface area (Å²) in [5, 5.41) is 31.6. The summed E-state index contributed by atoms with van der Waals surface area (Å²) >= 11 is 0. The summed E-state index contributed by atoms with van der Waals surface area (Å²) in [6.45, 7) is 4.09. The molecule has 0 aromatic carbocycles. The first-order chi connectivity index (χ1) is 21.4. The standard InChI is InChI=1S/C37H66O7/c1-3-4-5-6-7-11-14-17-20-31(39)33-22-24-35(43-33)36-25-23-34(44-36)32(40)21-18-15-12-9-8-10-13-16-19-30(38)27-29-26-28(2)42-37(29)41/h26,28,30-36,38-40H,3-25,27H2,1-2H3/t28-,30+,31+,32-,33+,34+,35-,36-/m0/s1. The highest BCUT2D eigenvalue weighted by Crippen LogP contribution is 2.34. The molecule has 3 heterocycles. The Morgan fingerprint density at radius 1 is 0.659 bits per heavy atom. The number of ether oxygens (including phenoxy) is 3. The van der Waals surface area contributed by atoms with Gasteiger partial charge in [-0.2, -0.15) is 0 Å². The van der Waals surface area contributed by atoms with E-state index in [1.807, 2.05) is 13.0 Å². The van der Waals surface area contributed by atoms with Crippen LogP contribution in [0.25, 0.3) is 0 Å². The Balaban J connectivity index is 1.13. The van der Waals surface area contributed by atoms with Crippen LogP contribution in [0, 0.1) is 0 Å². The lowest BCUT2D eigenvalue weighted by Gasteiger charge is -2.24. The van der Waals surface area contributed by atoms with Crippen molar-refractivity contribution in [2.24, 2.45) is 0 Å². The number of unbranched alkanes of at least 4 members (excludes halogenated alkanes) is 14. The summed E-state index contributed by atoms with van der Waals surface area (Å²) in [7, 11) is 0. The smallest absolute Gasteiger partial charge is 0.334 e. The third kappa shape index (κ3) is 14.2. The van der Waals surface area contributed by atoms with Gasteiger partial charge in [0.25, 0.3) is 0 Å². The van der Waals surface area contributed by atoms with E-state index in [4.69, 9.17) is 14.2 Å². The van der Waals surface area contributed by atoms with Gasteiger partial charge in [-0.15, -0.1) is 0 Å². The predicted octanol–water partition coefficient (Wildman–Crippen LogP) is 7.86. The third-order valence-electron chi connectivity index (χ3n) is 10.0. The quantitative estimate of drug-likeness (QED) is 0.0703. The predicted molar refractivity (Wildman–Crippen MR) is 175 cm³/mol. The fourth-order valence-corrected chi connectivity index (χ4v) is 7.28. The van der Waals surface area contributed by atoms with E-state index in [1.54, 1.807) is 0 Å². The molecule has 0 unspecified atom stereocenters. The summed E-state index contributed by atoms with van der Waals surface area (Å²) in [5.41, 5.74) is 0.617. The molecule has 2 saturated heterocycles. The first-order valence-electron chi connectivity index (χ1n) is 18.6. The average molecular weight is 623 g/mol. The summed E-state index contributed by atoms with van der Waals surface area (Å²) < 4.78 is 17.7. The molecule has 3 aliphatic rings. The van der Waals surface area contributed by atoms with Crippen LogP contribution in [0.1, 0.15) is 168 Å². The van der Waals surface area contributed by atoms with Crippen molar-refractivity contribution in [3.63, 3.8) is 0 Å². The van der Waals surface area contributed by atoms with Gasteiger partial charge < -0.3 is 29.5 Å². The van der Waals surface area contributed by atoms with Gasteiger partial charge in [-0.1, -0.05) is 110 Å². The van der Waals surface area contributed by atoms with Crippen molar-refractivity contribution in [2.45, 2.75) is 217 Å². The first-order valence-corrected chi connectivity index (χ1v) is 18.6. The molecular weight excluding hydrogens is 556 g/mol. The zero-order chi connectivity index (χ0) is 31.6. The fraction of sp³-hybridized carbons (Fsp3) is 0.919. The molecule has 3 aliphatic heterocycles. The minimum absolute atomic E-state index is 0.0519. The molecule has 0 saturated carbocycles. The minimum Gasteiger partial charge on any atom is -0.455 e. The Bertz CT molecular complexity index is 801. The molecule has 0 aliphatic carbocycles. The highest BCUT2D eigenvalue weighted by atomic mass is 16.6. The van der Waals surface area contributed by atoms with Crippen molar-refractivity contribution in [1.82, 2.24) is 0 Å². The summed E-state index contributed by atoms with van der Waals surface area (Å²) in [6.07, 6.45) is 26.1. The third-order valence-corrected chi connectivity index (χ3v) is 10.0. The van der Waals surface area contributed by atoms with Crippen molar-refractivity contribution in [1.29, 1.82) is 0 Å². The van der Waals surface area contributed by atoms with Gasteiger partial charge in [-0.3, -0.25) is 0 Å². The number of cyclic esters (lactones) is 1. The van der Waals surface area contributed by atoms with Crippen molar-refractivity contribution >= 4 is 5.97 Å². The largest absolute Gasteiger partial charge is 0.455 e. The van der Waals surface area contributed by atoms with Gasteiger partial charge in [-0.05, 0) is 57.9 Å². The summed E-state index contributed by atoms with van der Waals surface area (Å²) in [5.74, 6) is -0.281. The maximum absolute atomic E-state index is 11.7. The second kappa shape index (κ2) is 21.7. The Morgan fingerprint density at radius 3 is 1.52 bits per heavy atom. The number of hydrogen-bond acceptors (Lipinski definition) is 7. The van der Waals surface area contributed by atoms with Gasteiger partial charge in [0.05, 0.1) is 42.7 Å². The molecule has 3 N–H and O–H groups in total. The number of aliphatic hydroxyl groups is 3. The van der Waals surface area contributed by atoms with Gasteiger partial charge in [0.2, 0.25) is 0 Å². The van der Waals surface area contributed by atoms with Crippen molar-refractivity contribution in [2.75, 3.05) is 0 Å². The van der Waals surface area contributed by atoms with Crippen LogP contribution in [0.3, 0.4) is 0 Å². The second-order valence-corrected chi connectivity index (χ2v) is 14.0. The summed E-state index contributed by atoms with van der Waals surface area (Å²) in [4.78, 5) is 11.7. The fourth-order valence-electron chi connectivity index (χ4n) is 7.28. The van der Waals surface area contributed by atoms with Gasteiger partial charge in [0.15, 0.2) is 0 Å². The van der Waals surface area contributed by atoms with E-state index in [1.165, 1.54) is 70.6 Å². The number of carbonyl (C=O) groups is 1. The molecule has 8 atom stereocenters. The van der Waals surface area contributed by atoms with Crippen LogP contribution in [-0.4, -0.2) is 70.1 Å². The molecule has 0 spiro atoms. The number of aliphatic hydroxyl groups excluding tert-OH is 3. The van der Waals surface area contributed by atoms with Crippen LogP contribution in [0.15, 0.2) is 11.6 Å². The second-order valence-electron chi connectivity index (χ2n) is 14.0. The number of esters is 1. The molecule has 0 bridgehead atoms. The van der Waals surface area contributed by atoms with Crippen LogP contribution < -0.4 is 0 Å². The topological polar surface area (TPSA) is 105 Å². The van der Waals surface area contributed by atoms with Gasteiger partial charge in [0.1, 0.15) is 6.10 Å². The van der Waals surface area contributed by atoms with Crippen LogP contribution in [-0.2, 0) is 19.0 Å². The Hall–Kier alpha value is -0.990. The van der Waals surface area contributed by atoms with Crippen molar-refractivity contribution < 1.29 is 34.3 Å². The van der Waals surface area contributed by atoms with E-state index in [2.05, 4.69) is 6.92 Å². The molecule has 0 aromatic heterocycles. The number of rotatable bonds is 25. The zero-order valence-corrected chi connectivity index (χ0v) is 28.1. The molecule has 256 valence electrons. The highest BCUT2D eigenvalue weighted by molar-refractivity contribution is 5.90. The number of carbonyl (C=O) groups excluding carboxylic acids is 1. The average Bonchev–Trinajstić information content (AvgIpc) is 3.75. The Kier molecular flexibility index (Phi) is 18.5. The van der Waals surface area contributed by atoms with E-state index in [9.17, 15) is 20.1 Å². The molecule has 7 heteroatoms. The van der Waals surface area contributed by atoms with Crippen LogP contribution >= 0.6 is 0 Å². The molecule has 44 heavy (non-hydrogen) atoms. The lowest BCUT2D eigenvalue weighted by Crippen LogP contribution is -2.33. The zero-order valence-electron chi connectivity index (χ0n) is 28.1.